The van der Waals surface area contributed by atoms with Crippen molar-refractivity contribution in [2.45, 2.75) is 18.9 Å². The fourth-order valence-electron chi connectivity index (χ4n) is 2.63. The Kier molecular flexibility index (Phi) is 5.05. The summed E-state index contributed by atoms with van der Waals surface area (Å²) in [5, 5.41) is 3.00. The van der Waals surface area contributed by atoms with E-state index in [0.29, 0.717) is 37.2 Å². The first-order valence-electron chi connectivity index (χ1n) is 7.95. The molecule has 6 heteroatoms. The Hall–Kier alpha value is -2.89. The number of para-hydroxylation sites is 1. The normalized spacial score (nSPS) is 14.9. The largest absolute Gasteiger partial charge is 0.415 e. The summed E-state index contributed by atoms with van der Waals surface area (Å²) >= 11 is 0. The summed E-state index contributed by atoms with van der Waals surface area (Å²) in [4.78, 5) is 29.8. The molecule has 1 aliphatic heterocycles. The maximum Gasteiger partial charge on any atom is 0.415 e. The zero-order valence-electron chi connectivity index (χ0n) is 13.2. The first-order chi connectivity index (χ1) is 11.7. The average molecular weight is 325 g/mol. The molecule has 2 aromatic rings. The van der Waals surface area contributed by atoms with Crippen LogP contribution in [-0.2, 0) is 0 Å². The number of ether oxygens (including phenoxy) is 1. The predicted octanol–water partition coefficient (Wildman–Crippen LogP) is 2.47. The smallest absolute Gasteiger partial charge is 0.410 e. The molecule has 2 amide bonds. The van der Waals surface area contributed by atoms with Gasteiger partial charge < -0.3 is 15.0 Å². The van der Waals surface area contributed by atoms with Crippen LogP contribution >= 0.6 is 0 Å². The lowest BCUT2D eigenvalue weighted by molar-refractivity contribution is 0.0910. The fraction of sp³-hybridized carbons (Fsp3) is 0.278. The lowest BCUT2D eigenvalue weighted by Gasteiger charge is -2.31. The number of amides is 2. The van der Waals surface area contributed by atoms with Crippen molar-refractivity contribution in [1.82, 2.24) is 15.2 Å². The minimum Gasteiger partial charge on any atom is -0.410 e. The van der Waals surface area contributed by atoms with E-state index in [1.807, 2.05) is 18.2 Å². The van der Waals surface area contributed by atoms with E-state index in [2.05, 4.69) is 10.3 Å². The maximum atomic E-state index is 12.1. The Morgan fingerprint density at radius 2 is 1.71 bits per heavy atom. The number of nitrogens with zero attached hydrogens (tertiary/aromatic N) is 2. The van der Waals surface area contributed by atoms with E-state index in [-0.39, 0.29) is 18.0 Å². The van der Waals surface area contributed by atoms with Crippen LogP contribution in [0.2, 0.25) is 0 Å². The van der Waals surface area contributed by atoms with Gasteiger partial charge >= 0.3 is 6.09 Å². The molecule has 1 N–H and O–H groups in total. The highest BCUT2D eigenvalue weighted by atomic mass is 16.6. The Morgan fingerprint density at radius 1 is 1.04 bits per heavy atom. The number of nitrogens with one attached hydrogen (secondary N) is 1. The molecule has 3 rings (SSSR count). The van der Waals surface area contributed by atoms with Crippen LogP contribution in [0.3, 0.4) is 0 Å². The highest BCUT2D eigenvalue weighted by Gasteiger charge is 2.25. The summed E-state index contributed by atoms with van der Waals surface area (Å²) in [6.07, 6.45) is 4.26. The van der Waals surface area contributed by atoms with Crippen LogP contribution in [-0.4, -0.2) is 41.0 Å². The summed E-state index contributed by atoms with van der Waals surface area (Å²) in [5.74, 6) is 0.429. The molecular formula is C18H19N3O3. The lowest BCUT2D eigenvalue weighted by Crippen LogP contribution is -2.47. The monoisotopic (exact) mass is 325 g/mol. The average Bonchev–Trinajstić information content (AvgIpc) is 2.64. The number of aromatic nitrogens is 1. The summed E-state index contributed by atoms with van der Waals surface area (Å²) in [5.41, 5.74) is 0.593. The second-order valence-corrected chi connectivity index (χ2v) is 5.65. The molecular weight excluding hydrogens is 306 g/mol. The van der Waals surface area contributed by atoms with Gasteiger partial charge in [0.15, 0.2) is 0 Å². The molecule has 0 saturated carbocycles. The van der Waals surface area contributed by atoms with Crippen molar-refractivity contribution < 1.29 is 14.3 Å². The van der Waals surface area contributed by atoms with Crippen LogP contribution in [0.4, 0.5) is 4.79 Å². The van der Waals surface area contributed by atoms with Crippen molar-refractivity contribution in [2.75, 3.05) is 13.1 Å². The standard InChI is InChI=1S/C18H19N3O3/c22-17(14-6-10-19-11-7-14)20-15-8-12-21(13-9-15)18(23)24-16-4-2-1-3-5-16/h1-7,10-11,15H,8-9,12-13H2,(H,20,22). The number of benzene rings is 1. The lowest BCUT2D eigenvalue weighted by atomic mass is 10.0. The van der Waals surface area contributed by atoms with Gasteiger partial charge in [-0.25, -0.2) is 4.79 Å². The molecule has 0 spiro atoms. The van der Waals surface area contributed by atoms with Crippen LogP contribution in [0.15, 0.2) is 54.9 Å². The third-order valence-corrected chi connectivity index (χ3v) is 3.98. The van der Waals surface area contributed by atoms with Crippen LogP contribution in [0, 0.1) is 0 Å². The third kappa shape index (κ3) is 4.10. The van der Waals surface area contributed by atoms with E-state index in [1.54, 1.807) is 41.6 Å². The summed E-state index contributed by atoms with van der Waals surface area (Å²) in [6.45, 7) is 1.12. The molecule has 0 bridgehead atoms. The second-order valence-electron chi connectivity index (χ2n) is 5.65. The molecule has 24 heavy (non-hydrogen) atoms. The van der Waals surface area contributed by atoms with Gasteiger partial charge in [0.1, 0.15) is 5.75 Å². The molecule has 0 atom stereocenters. The molecule has 0 radical (unpaired) electrons. The Labute approximate surface area is 140 Å². The highest BCUT2D eigenvalue weighted by Crippen LogP contribution is 2.15. The molecule has 124 valence electrons. The molecule has 1 saturated heterocycles. The molecule has 1 fully saturated rings. The van der Waals surface area contributed by atoms with Crippen molar-refractivity contribution in [2.24, 2.45) is 0 Å². The number of carbonyl (C=O) groups is 2. The van der Waals surface area contributed by atoms with Crippen molar-refractivity contribution in [1.29, 1.82) is 0 Å². The number of piperidine rings is 1. The topological polar surface area (TPSA) is 71.5 Å². The van der Waals surface area contributed by atoms with Gasteiger partial charge in [0, 0.05) is 37.1 Å². The zero-order chi connectivity index (χ0) is 16.8. The molecule has 6 nitrogen and oxygen atoms in total. The molecule has 1 aromatic carbocycles. The van der Waals surface area contributed by atoms with Crippen molar-refractivity contribution in [3.05, 3.63) is 60.4 Å². The first kappa shape index (κ1) is 16.0. The van der Waals surface area contributed by atoms with Gasteiger partial charge in [-0.15, -0.1) is 0 Å². The van der Waals surface area contributed by atoms with Crippen LogP contribution in [0.25, 0.3) is 0 Å². The Balaban J connectivity index is 1.47. The number of pyridine rings is 1. The number of hydrogen-bond donors (Lipinski definition) is 1. The SMILES string of the molecule is O=C(NC1CCN(C(=O)Oc2ccccc2)CC1)c1ccncc1. The van der Waals surface area contributed by atoms with Crippen molar-refractivity contribution in [3.8, 4) is 5.75 Å². The summed E-state index contributed by atoms with van der Waals surface area (Å²) in [7, 11) is 0. The van der Waals surface area contributed by atoms with Gasteiger partial charge in [0.2, 0.25) is 0 Å². The van der Waals surface area contributed by atoms with Crippen LogP contribution in [0.5, 0.6) is 5.75 Å². The fourth-order valence-corrected chi connectivity index (χ4v) is 2.63. The van der Waals surface area contributed by atoms with Crippen molar-refractivity contribution in [3.63, 3.8) is 0 Å². The van der Waals surface area contributed by atoms with Gasteiger partial charge in [0.25, 0.3) is 5.91 Å². The predicted molar refractivity (Wildman–Crippen MR) is 88.8 cm³/mol. The minimum absolute atomic E-state index is 0.0615. The van der Waals surface area contributed by atoms with Crippen molar-refractivity contribution >= 4 is 12.0 Å². The van der Waals surface area contributed by atoms with E-state index in [9.17, 15) is 9.59 Å². The molecule has 1 aliphatic rings. The number of likely N-dealkylation sites (tertiary alicyclic amines) is 1. The van der Waals surface area contributed by atoms with E-state index >= 15 is 0 Å². The number of carbonyl (C=O) groups excluding carboxylic acids is 2. The summed E-state index contributed by atoms with van der Waals surface area (Å²) in [6, 6.07) is 12.4. The Bertz CT molecular complexity index is 683. The third-order valence-electron chi connectivity index (χ3n) is 3.98. The molecule has 1 aromatic heterocycles. The van der Waals surface area contributed by atoms with E-state index in [0.717, 1.165) is 0 Å². The number of rotatable bonds is 3. The van der Waals surface area contributed by atoms with E-state index in [4.69, 9.17) is 4.74 Å². The second kappa shape index (κ2) is 7.59. The van der Waals surface area contributed by atoms with E-state index in [1.165, 1.54) is 0 Å². The molecule has 2 heterocycles. The molecule has 0 aliphatic carbocycles. The molecule has 0 unspecified atom stereocenters. The van der Waals surface area contributed by atoms with Gasteiger partial charge in [0.05, 0.1) is 0 Å². The van der Waals surface area contributed by atoms with Crippen LogP contribution < -0.4 is 10.1 Å². The van der Waals surface area contributed by atoms with Gasteiger partial charge in [-0.2, -0.15) is 0 Å². The van der Waals surface area contributed by atoms with Crippen LogP contribution in [0.1, 0.15) is 23.2 Å². The van der Waals surface area contributed by atoms with Gasteiger partial charge in [-0.05, 0) is 37.1 Å². The number of hydrogen-bond acceptors (Lipinski definition) is 4. The summed E-state index contributed by atoms with van der Waals surface area (Å²) < 4.78 is 5.33. The van der Waals surface area contributed by atoms with Gasteiger partial charge in [-0.1, -0.05) is 18.2 Å². The van der Waals surface area contributed by atoms with E-state index < -0.39 is 0 Å². The highest BCUT2D eigenvalue weighted by molar-refractivity contribution is 5.94. The van der Waals surface area contributed by atoms with Gasteiger partial charge in [-0.3, -0.25) is 9.78 Å². The maximum absolute atomic E-state index is 12.1. The minimum atomic E-state index is -0.347. The zero-order valence-corrected chi connectivity index (χ0v) is 13.2. The Morgan fingerprint density at radius 3 is 2.38 bits per heavy atom. The quantitative estimate of drug-likeness (QED) is 0.941. The first-order valence-corrected chi connectivity index (χ1v) is 7.95.